The highest BCUT2D eigenvalue weighted by Gasteiger charge is 2.15. The van der Waals surface area contributed by atoms with E-state index in [0.717, 1.165) is 4.88 Å². The van der Waals surface area contributed by atoms with Crippen molar-refractivity contribution in [2.24, 2.45) is 0 Å². The topological polar surface area (TPSA) is 54.5 Å². The summed E-state index contributed by atoms with van der Waals surface area (Å²) in [5.41, 5.74) is 1.17. The van der Waals surface area contributed by atoms with Crippen LogP contribution in [0.3, 0.4) is 0 Å². The average molecular weight is 260 g/mol. The largest absolute Gasteiger partial charge is 0.257 e. The molecule has 2 aromatic heterocycles. The number of halogens is 1. The third-order valence-electron chi connectivity index (χ3n) is 2.54. The van der Waals surface area contributed by atoms with Crippen molar-refractivity contribution in [3.8, 4) is 22.1 Å². The fourth-order valence-electron chi connectivity index (χ4n) is 1.71. The first-order valence-corrected chi connectivity index (χ1v) is 6.15. The highest BCUT2D eigenvalue weighted by molar-refractivity contribution is 7.15. The molecule has 2 heterocycles. The van der Waals surface area contributed by atoms with Gasteiger partial charge in [0, 0.05) is 10.4 Å². The number of hydrogen-bond acceptors (Lipinski definition) is 4. The lowest BCUT2D eigenvalue weighted by Crippen LogP contribution is -1.86. The van der Waals surface area contributed by atoms with E-state index in [-0.39, 0.29) is 5.82 Å². The molecule has 0 aliphatic heterocycles. The molecule has 90 valence electrons. The smallest absolute Gasteiger partial charge is 0.184 e. The highest BCUT2D eigenvalue weighted by Crippen LogP contribution is 2.32. The quantitative estimate of drug-likeness (QED) is 0.770. The van der Waals surface area contributed by atoms with Crippen molar-refractivity contribution in [2.45, 2.75) is 6.92 Å². The van der Waals surface area contributed by atoms with Gasteiger partial charge in [0.2, 0.25) is 0 Å². The lowest BCUT2D eigenvalue weighted by Gasteiger charge is -1.99. The number of aryl methyl sites for hydroxylation is 1. The number of benzene rings is 1. The van der Waals surface area contributed by atoms with E-state index in [1.54, 1.807) is 18.2 Å². The molecule has 4 nitrogen and oxygen atoms in total. The Bertz CT molecular complexity index is 675. The van der Waals surface area contributed by atoms with Crippen molar-refractivity contribution in [2.75, 3.05) is 0 Å². The molecule has 0 unspecified atom stereocenters. The molecule has 18 heavy (non-hydrogen) atoms. The van der Waals surface area contributed by atoms with Crippen molar-refractivity contribution in [3.63, 3.8) is 0 Å². The summed E-state index contributed by atoms with van der Waals surface area (Å²) in [6.45, 7) is 1.92. The third-order valence-corrected chi connectivity index (χ3v) is 3.52. The van der Waals surface area contributed by atoms with Crippen molar-refractivity contribution in [3.05, 3.63) is 41.3 Å². The van der Waals surface area contributed by atoms with E-state index in [4.69, 9.17) is 0 Å². The zero-order valence-electron chi connectivity index (χ0n) is 9.51. The van der Waals surface area contributed by atoms with E-state index >= 15 is 0 Å². The van der Waals surface area contributed by atoms with Gasteiger partial charge in [-0.3, -0.25) is 5.10 Å². The number of nitrogens with zero attached hydrogens (tertiary/aromatic N) is 3. The number of aromatic amines is 1. The first kappa shape index (κ1) is 11.0. The Morgan fingerprint density at radius 1 is 1.28 bits per heavy atom. The second kappa shape index (κ2) is 4.30. The molecule has 0 radical (unpaired) electrons. The summed E-state index contributed by atoms with van der Waals surface area (Å²) >= 11 is 1.46. The Hall–Kier alpha value is -2.08. The van der Waals surface area contributed by atoms with Crippen molar-refractivity contribution in [1.82, 2.24) is 20.2 Å². The minimum atomic E-state index is -0.269. The Morgan fingerprint density at radius 3 is 2.83 bits per heavy atom. The van der Waals surface area contributed by atoms with Crippen LogP contribution in [0.15, 0.2) is 30.6 Å². The van der Waals surface area contributed by atoms with E-state index < -0.39 is 0 Å². The van der Waals surface area contributed by atoms with Crippen LogP contribution in [0, 0.1) is 12.7 Å². The monoisotopic (exact) mass is 260 g/mol. The molecule has 0 aliphatic carbocycles. The van der Waals surface area contributed by atoms with Gasteiger partial charge >= 0.3 is 0 Å². The van der Waals surface area contributed by atoms with Gasteiger partial charge in [-0.15, -0.1) is 11.3 Å². The predicted molar refractivity (Wildman–Crippen MR) is 67.6 cm³/mol. The van der Waals surface area contributed by atoms with Gasteiger partial charge in [0.1, 0.15) is 12.1 Å². The van der Waals surface area contributed by atoms with Crippen LogP contribution in [0.2, 0.25) is 0 Å². The van der Waals surface area contributed by atoms with E-state index in [9.17, 15) is 4.39 Å². The molecule has 0 bridgehead atoms. The molecule has 3 rings (SSSR count). The standard InChI is InChI=1S/C12H9FN4S/c1-7-10(8-4-2-3-5-9(8)13)16-12(18-7)11-14-6-15-17-11/h2-6H,1H3,(H,14,15,17). The maximum Gasteiger partial charge on any atom is 0.184 e. The molecule has 3 aromatic rings. The molecular formula is C12H9FN4S. The maximum atomic E-state index is 13.7. The summed E-state index contributed by atoms with van der Waals surface area (Å²) < 4.78 is 13.7. The molecule has 1 aromatic carbocycles. The summed E-state index contributed by atoms with van der Waals surface area (Å²) in [5.74, 6) is 0.334. The second-order valence-electron chi connectivity index (χ2n) is 3.74. The highest BCUT2D eigenvalue weighted by atomic mass is 32.1. The number of H-pyrrole nitrogens is 1. The van der Waals surface area contributed by atoms with Crippen LogP contribution in [0.5, 0.6) is 0 Å². The van der Waals surface area contributed by atoms with Crippen LogP contribution in [-0.4, -0.2) is 20.2 Å². The number of rotatable bonds is 2. The van der Waals surface area contributed by atoms with Crippen LogP contribution in [0.1, 0.15) is 4.88 Å². The molecule has 0 amide bonds. The first-order valence-electron chi connectivity index (χ1n) is 5.34. The molecule has 0 aliphatic rings. The minimum absolute atomic E-state index is 0.269. The lowest BCUT2D eigenvalue weighted by atomic mass is 10.1. The SMILES string of the molecule is Cc1sc(-c2ncn[nH]2)nc1-c1ccccc1F. The molecule has 0 atom stereocenters. The molecule has 1 N–H and O–H groups in total. The fourth-order valence-corrected chi connectivity index (χ4v) is 2.58. The summed E-state index contributed by atoms with van der Waals surface area (Å²) in [6, 6.07) is 6.62. The van der Waals surface area contributed by atoms with Gasteiger partial charge in [-0.1, -0.05) is 12.1 Å². The van der Waals surface area contributed by atoms with Gasteiger partial charge in [-0.25, -0.2) is 14.4 Å². The first-order chi connectivity index (χ1) is 8.75. The molecule has 6 heteroatoms. The summed E-state index contributed by atoms with van der Waals surface area (Å²) in [6.07, 6.45) is 1.43. The number of aromatic nitrogens is 4. The minimum Gasteiger partial charge on any atom is -0.257 e. The van der Waals surface area contributed by atoms with Crippen LogP contribution in [0.25, 0.3) is 22.1 Å². The van der Waals surface area contributed by atoms with Crippen molar-refractivity contribution >= 4 is 11.3 Å². The Labute approximate surface area is 107 Å². The third kappa shape index (κ3) is 1.80. The summed E-state index contributed by atoms with van der Waals surface area (Å²) in [7, 11) is 0. The van der Waals surface area contributed by atoms with Crippen molar-refractivity contribution in [1.29, 1.82) is 0 Å². The number of hydrogen-bond donors (Lipinski definition) is 1. The number of thiazole rings is 1. The molecule has 0 saturated heterocycles. The van der Waals surface area contributed by atoms with Crippen LogP contribution >= 0.6 is 11.3 Å². The predicted octanol–water partition coefficient (Wildman–Crippen LogP) is 3.04. The molecular weight excluding hydrogens is 251 g/mol. The molecule has 0 fully saturated rings. The van der Waals surface area contributed by atoms with Crippen molar-refractivity contribution < 1.29 is 4.39 Å². The van der Waals surface area contributed by atoms with Gasteiger partial charge in [0.05, 0.1) is 5.69 Å². The molecule has 0 spiro atoms. The normalized spacial score (nSPS) is 10.8. The summed E-state index contributed by atoms with van der Waals surface area (Å²) in [5, 5.41) is 7.25. The van der Waals surface area contributed by atoms with Crippen LogP contribution in [-0.2, 0) is 0 Å². The van der Waals surface area contributed by atoms with Gasteiger partial charge in [-0.05, 0) is 19.1 Å². The van der Waals surface area contributed by atoms with E-state index in [0.29, 0.717) is 22.1 Å². The van der Waals surface area contributed by atoms with Gasteiger partial charge in [0.25, 0.3) is 0 Å². The Kier molecular flexibility index (Phi) is 2.64. The van der Waals surface area contributed by atoms with E-state index in [1.807, 2.05) is 6.92 Å². The van der Waals surface area contributed by atoms with E-state index in [1.165, 1.54) is 23.7 Å². The van der Waals surface area contributed by atoms with Gasteiger partial charge in [0.15, 0.2) is 10.8 Å². The average Bonchev–Trinajstić information content (AvgIpc) is 2.99. The van der Waals surface area contributed by atoms with Crippen LogP contribution in [0.4, 0.5) is 4.39 Å². The second-order valence-corrected chi connectivity index (χ2v) is 4.94. The lowest BCUT2D eigenvalue weighted by molar-refractivity contribution is 0.631. The summed E-state index contributed by atoms with van der Waals surface area (Å²) in [4.78, 5) is 9.42. The zero-order valence-corrected chi connectivity index (χ0v) is 10.3. The number of nitrogens with one attached hydrogen (secondary N) is 1. The Balaban J connectivity index is 2.12. The van der Waals surface area contributed by atoms with Gasteiger partial charge in [-0.2, -0.15) is 5.10 Å². The van der Waals surface area contributed by atoms with Gasteiger partial charge < -0.3 is 0 Å². The fraction of sp³-hybridized carbons (Fsp3) is 0.0833. The Morgan fingerprint density at radius 2 is 2.11 bits per heavy atom. The van der Waals surface area contributed by atoms with E-state index in [2.05, 4.69) is 20.2 Å². The zero-order chi connectivity index (χ0) is 12.5. The maximum absolute atomic E-state index is 13.7. The van der Waals surface area contributed by atoms with Crippen LogP contribution < -0.4 is 0 Å². The molecule has 0 saturated carbocycles.